The molecule has 132 valence electrons. The minimum absolute atomic E-state index is 0.471. The van der Waals surface area contributed by atoms with Gasteiger partial charge in [-0.05, 0) is 47.4 Å². The van der Waals surface area contributed by atoms with E-state index in [9.17, 15) is 0 Å². The Morgan fingerprint density at radius 3 is 1.21 bits per heavy atom. The van der Waals surface area contributed by atoms with Gasteiger partial charge in [0.05, 0.1) is 11.4 Å². The summed E-state index contributed by atoms with van der Waals surface area (Å²) in [6.07, 6.45) is 1.99. The fourth-order valence-corrected chi connectivity index (χ4v) is 2.07. The molecule has 2 aromatic heterocycles. The topological polar surface area (TPSA) is 38.7 Å². The molecule has 0 aliphatic heterocycles. The van der Waals surface area contributed by atoms with Crippen molar-refractivity contribution in [2.75, 3.05) is 0 Å². The summed E-state index contributed by atoms with van der Waals surface area (Å²) in [6, 6.07) is 8.42. The minimum atomic E-state index is 0.471. The van der Waals surface area contributed by atoms with Crippen molar-refractivity contribution in [3.8, 4) is 0 Å². The number of pyridine rings is 1. The molecule has 0 fully saturated rings. The van der Waals surface area contributed by atoms with E-state index < -0.39 is 0 Å². The summed E-state index contributed by atoms with van der Waals surface area (Å²) in [5.74, 6) is 2.06. The molecule has 0 bridgehead atoms. The van der Waals surface area contributed by atoms with Crippen LogP contribution in [0.25, 0.3) is 0 Å². The Bertz CT molecular complexity index is 472. The minimum Gasteiger partial charge on any atom is -0.261 e. The van der Waals surface area contributed by atoms with Gasteiger partial charge in [0.1, 0.15) is 0 Å². The van der Waals surface area contributed by atoms with Gasteiger partial charge in [0.25, 0.3) is 0 Å². The first-order valence-electron chi connectivity index (χ1n) is 9.01. The van der Waals surface area contributed by atoms with Crippen LogP contribution in [0.15, 0.2) is 30.5 Å². The maximum atomic E-state index is 4.40. The fraction of sp³-hybridized carbons (Fsp3) is 0.571. The molecule has 2 rings (SSSR count). The van der Waals surface area contributed by atoms with Gasteiger partial charge in [-0.3, -0.25) is 4.98 Å². The van der Waals surface area contributed by atoms with Gasteiger partial charge in [0.15, 0.2) is 0 Å². The van der Waals surface area contributed by atoms with E-state index in [2.05, 4.69) is 94.8 Å². The van der Waals surface area contributed by atoms with Crippen molar-refractivity contribution in [1.82, 2.24) is 15.2 Å². The average Bonchev–Trinajstić information content (AvgIpc) is 2.55. The molecule has 2 aromatic rings. The van der Waals surface area contributed by atoms with Crippen molar-refractivity contribution in [3.05, 3.63) is 53.1 Å². The SMILES string of the molecule is CC(C)c1ccc(C(C)C)nc1.CC(C)c1ccc(C(C)C)nn1. The van der Waals surface area contributed by atoms with Crippen molar-refractivity contribution in [1.29, 1.82) is 0 Å². The molecular formula is C21H33N3. The van der Waals surface area contributed by atoms with Gasteiger partial charge < -0.3 is 0 Å². The number of nitrogens with zero attached hydrogens (tertiary/aromatic N) is 3. The normalized spacial score (nSPS) is 11.2. The standard InChI is InChI=1S/C11H17N.C10H16N2/c1-8(2)10-5-6-11(9(3)4)12-7-10;1-7(2)9-5-6-10(8(3)4)12-11-9/h5-9H,1-4H3;5-8H,1-4H3. The van der Waals surface area contributed by atoms with Gasteiger partial charge in [0.2, 0.25) is 0 Å². The predicted octanol–water partition coefficient (Wildman–Crippen LogP) is 6.05. The van der Waals surface area contributed by atoms with Gasteiger partial charge >= 0.3 is 0 Å². The van der Waals surface area contributed by atoms with Crippen LogP contribution in [-0.2, 0) is 0 Å². The van der Waals surface area contributed by atoms with Gasteiger partial charge in [-0.15, -0.1) is 0 Å². The highest BCUT2D eigenvalue weighted by Gasteiger charge is 2.04. The van der Waals surface area contributed by atoms with Crippen LogP contribution in [0.4, 0.5) is 0 Å². The Hall–Kier alpha value is -1.77. The molecule has 0 saturated carbocycles. The van der Waals surface area contributed by atoms with Gasteiger partial charge in [0, 0.05) is 11.9 Å². The van der Waals surface area contributed by atoms with Crippen LogP contribution in [0.5, 0.6) is 0 Å². The predicted molar refractivity (Wildman–Crippen MR) is 103 cm³/mol. The summed E-state index contributed by atoms with van der Waals surface area (Å²) in [5, 5.41) is 8.30. The van der Waals surface area contributed by atoms with E-state index in [0.29, 0.717) is 23.7 Å². The largest absolute Gasteiger partial charge is 0.261 e. The van der Waals surface area contributed by atoms with Crippen molar-refractivity contribution in [2.24, 2.45) is 0 Å². The highest BCUT2D eigenvalue weighted by Crippen LogP contribution is 2.16. The van der Waals surface area contributed by atoms with E-state index in [4.69, 9.17) is 0 Å². The zero-order valence-corrected chi connectivity index (χ0v) is 16.5. The third kappa shape index (κ3) is 6.38. The first kappa shape index (κ1) is 20.3. The van der Waals surface area contributed by atoms with Crippen LogP contribution in [-0.4, -0.2) is 15.2 Å². The molecule has 0 spiro atoms. The number of hydrogen-bond acceptors (Lipinski definition) is 3. The lowest BCUT2D eigenvalue weighted by Gasteiger charge is -2.07. The second-order valence-electron chi connectivity index (χ2n) is 7.52. The average molecular weight is 328 g/mol. The molecule has 3 heteroatoms. The second-order valence-corrected chi connectivity index (χ2v) is 7.52. The molecule has 2 heterocycles. The van der Waals surface area contributed by atoms with Gasteiger partial charge in [-0.1, -0.05) is 61.5 Å². The van der Waals surface area contributed by atoms with Crippen LogP contribution < -0.4 is 0 Å². The molecule has 24 heavy (non-hydrogen) atoms. The lowest BCUT2D eigenvalue weighted by Crippen LogP contribution is -1.99. The molecule has 0 aliphatic rings. The summed E-state index contributed by atoms with van der Waals surface area (Å²) < 4.78 is 0. The van der Waals surface area contributed by atoms with E-state index in [1.165, 1.54) is 11.3 Å². The Kier molecular flexibility index (Phi) is 8.03. The molecule has 0 aliphatic carbocycles. The third-order valence-electron chi connectivity index (χ3n) is 3.96. The van der Waals surface area contributed by atoms with Crippen molar-refractivity contribution < 1.29 is 0 Å². The van der Waals surface area contributed by atoms with E-state index in [-0.39, 0.29) is 0 Å². The summed E-state index contributed by atoms with van der Waals surface area (Å²) in [4.78, 5) is 4.40. The van der Waals surface area contributed by atoms with Crippen molar-refractivity contribution in [2.45, 2.75) is 79.1 Å². The fourth-order valence-electron chi connectivity index (χ4n) is 2.07. The lowest BCUT2D eigenvalue weighted by atomic mass is 10.0. The maximum absolute atomic E-state index is 4.40. The number of aromatic nitrogens is 3. The Morgan fingerprint density at radius 2 is 0.958 bits per heavy atom. The smallest absolute Gasteiger partial charge is 0.0656 e. The Labute approximate surface area is 148 Å². The number of hydrogen-bond donors (Lipinski definition) is 0. The van der Waals surface area contributed by atoms with E-state index in [0.717, 1.165) is 11.4 Å². The summed E-state index contributed by atoms with van der Waals surface area (Å²) in [6.45, 7) is 17.2. The molecule has 0 unspecified atom stereocenters. The molecule has 0 aromatic carbocycles. The molecule has 0 atom stereocenters. The molecular weight excluding hydrogens is 294 g/mol. The highest BCUT2D eigenvalue weighted by atomic mass is 15.1. The molecule has 0 saturated heterocycles. The monoisotopic (exact) mass is 327 g/mol. The lowest BCUT2D eigenvalue weighted by molar-refractivity contribution is 0.733. The van der Waals surface area contributed by atoms with Crippen LogP contribution >= 0.6 is 0 Å². The molecule has 0 radical (unpaired) electrons. The van der Waals surface area contributed by atoms with E-state index in [1.54, 1.807) is 0 Å². The highest BCUT2D eigenvalue weighted by molar-refractivity contribution is 5.18. The summed E-state index contributed by atoms with van der Waals surface area (Å²) in [7, 11) is 0. The van der Waals surface area contributed by atoms with Gasteiger partial charge in [-0.2, -0.15) is 10.2 Å². The Morgan fingerprint density at radius 1 is 0.542 bits per heavy atom. The first-order chi connectivity index (χ1) is 11.2. The third-order valence-corrected chi connectivity index (χ3v) is 3.96. The Balaban J connectivity index is 0.000000240. The van der Waals surface area contributed by atoms with Crippen LogP contribution in [0.2, 0.25) is 0 Å². The van der Waals surface area contributed by atoms with Crippen LogP contribution in [0.3, 0.4) is 0 Å². The quantitative estimate of drug-likeness (QED) is 0.686. The molecule has 3 nitrogen and oxygen atoms in total. The second kappa shape index (κ2) is 9.51. The zero-order valence-electron chi connectivity index (χ0n) is 16.5. The molecule has 0 N–H and O–H groups in total. The maximum Gasteiger partial charge on any atom is 0.0656 e. The molecule has 0 amide bonds. The zero-order chi connectivity index (χ0) is 18.3. The van der Waals surface area contributed by atoms with Crippen molar-refractivity contribution >= 4 is 0 Å². The van der Waals surface area contributed by atoms with Crippen molar-refractivity contribution in [3.63, 3.8) is 0 Å². The summed E-state index contributed by atoms with van der Waals surface area (Å²) in [5.41, 5.74) is 4.64. The van der Waals surface area contributed by atoms with Crippen LogP contribution in [0, 0.1) is 0 Å². The van der Waals surface area contributed by atoms with Gasteiger partial charge in [-0.25, -0.2) is 0 Å². The number of rotatable bonds is 4. The first-order valence-corrected chi connectivity index (χ1v) is 9.01. The summed E-state index contributed by atoms with van der Waals surface area (Å²) >= 11 is 0. The van der Waals surface area contributed by atoms with Crippen LogP contribution in [0.1, 0.15) is 102 Å². The van der Waals surface area contributed by atoms with E-state index in [1.807, 2.05) is 6.20 Å². The van der Waals surface area contributed by atoms with E-state index >= 15 is 0 Å².